The summed E-state index contributed by atoms with van der Waals surface area (Å²) in [4.78, 5) is 21.9. The molecule has 0 fully saturated rings. The maximum atomic E-state index is 11.3. The number of hydrogen-bond donors (Lipinski definition) is 2. The van der Waals surface area contributed by atoms with E-state index in [2.05, 4.69) is 48.3 Å². The van der Waals surface area contributed by atoms with Crippen molar-refractivity contribution in [1.29, 1.82) is 0 Å². The second-order valence-electron chi connectivity index (χ2n) is 5.22. The third-order valence-electron chi connectivity index (χ3n) is 2.99. The van der Waals surface area contributed by atoms with E-state index in [1.807, 2.05) is 5.32 Å². The Balaban J connectivity index is 1.81. The van der Waals surface area contributed by atoms with E-state index in [0.29, 0.717) is 10.3 Å². The molecule has 0 unspecified atom stereocenters. The van der Waals surface area contributed by atoms with Gasteiger partial charge in [0.1, 0.15) is 0 Å². The molecule has 0 aliphatic rings. The standard InChI is InChI=1S/C15H18N4O2S3/c1-9(2)11-5-3-10(4-6-11)7-22-14-18-19-15(24-14)23-8-12(20)17-13(16)21/h3-6,9H,7-8H2,1-2H3,(H3,16,17,20,21). The van der Waals surface area contributed by atoms with Gasteiger partial charge in [-0.3, -0.25) is 10.1 Å². The molecule has 3 amide bonds. The largest absolute Gasteiger partial charge is 0.351 e. The molecule has 128 valence electrons. The first kappa shape index (κ1) is 18.8. The number of thioether (sulfide) groups is 2. The Morgan fingerprint density at radius 2 is 1.79 bits per heavy atom. The van der Waals surface area contributed by atoms with Crippen LogP contribution in [0.25, 0.3) is 0 Å². The molecule has 0 aliphatic carbocycles. The molecule has 0 saturated carbocycles. The van der Waals surface area contributed by atoms with E-state index >= 15 is 0 Å². The van der Waals surface area contributed by atoms with Crippen molar-refractivity contribution in [3.05, 3.63) is 35.4 Å². The van der Waals surface area contributed by atoms with Crippen molar-refractivity contribution >= 4 is 46.8 Å². The van der Waals surface area contributed by atoms with Gasteiger partial charge in [-0.15, -0.1) is 10.2 Å². The SMILES string of the molecule is CC(C)c1ccc(CSc2nnc(SCC(=O)NC(N)=O)s2)cc1. The van der Waals surface area contributed by atoms with Gasteiger partial charge in [0, 0.05) is 5.75 Å². The Hall–Kier alpha value is -1.58. The summed E-state index contributed by atoms with van der Waals surface area (Å²) >= 11 is 4.27. The number of primary amides is 1. The predicted molar refractivity (Wildman–Crippen MR) is 98.5 cm³/mol. The van der Waals surface area contributed by atoms with Crippen molar-refractivity contribution in [3.63, 3.8) is 0 Å². The van der Waals surface area contributed by atoms with Crippen LogP contribution in [0.15, 0.2) is 32.9 Å². The molecule has 1 heterocycles. The van der Waals surface area contributed by atoms with Gasteiger partial charge in [-0.25, -0.2) is 4.79 Å². The minimum atomic E-state index is -0.849. The zero-order valence-electron chi connectivity index (χ0n) is 13.3. The molecule has 1 aromatic carbocycles. The highest BCUT2D eigenvalue weighted by atomic mass is 32.2. The monoisotopic (exact) mass is 382 g/mol. The van der Waals surface area contributed by atoms with Crippen LogP contribution in [0.3, 0.4) is 0 Å². The number of urea groups is 1. The number of imide groups is 1. The number of benzene rings is 1. The molecule has 2 aromatic rings. The number of rotatable bonds is 7. The third kappa shape index (κ3) is 6.14. The fourth-order valence-corrected chi connectivity index (χ4v) is 4.53. The fourth-order valence-electron chi connectivity index (χ4n) is 1.76. The van der Waals surface area contributed by atoms with Crippen LogP contribution in [-0.4, -0.2) is 27.9 Å². The van der Waals surface area contributed by atoms with Gasteiger partial charge in [0.15, 0.2) is 8.68 Å². The van der Waals surface area contributed by atoms with Gasteiger partial charge in [0.2, 0.25) is 5.91 Å². The highest BCUT2D eigenvalue weighted by molar-refractivity contribution is 8.03. The topological polar surface area (TPSA) is 98.0 Å². The van der Waals surface area contributed by atoms with Gasteiger partial charge in [-0.1, -0.05) is 73.0 Å². The van der Waals surface area contributed by atoms with Crippen LogP contribution < -0.4 is 11.1 Å². The van der Waals surface area contributed by atoms with Crippen LogP contribution in [0.1, 0.15) is 30.9 Å². The van der Waals surface area contributed by atoms with E-state index in [1.54, 1.807) is 11.8 Å². The summed E-state index contributed by atoms with van der Waals surface area (Å²) in [5.41, 5.74) is 7.44. The Kier molecular flexibility index (Phi) is 7.07. The number of amides is 3. The smallest absolute Gasteiger partial charge is 0.318 e. The second-order valence-corrected chi connectivity index (χ2v) is 8.64. The van der Waals surface area contributed by atoms with E-state index in [0.717, 1.165) is 10.1 Å². The quantitative estimate of drug-likeness (QED) is 0.714. The zero-order valence-corrected chi connectivity index (χ0v) is 15.8. The summed E-state index contributed by atoms with van der Waals surface area (Å²) in [6.07, 6.45) is 0. The summed E-state index contributed by atoms with van der Waals surface area (Å²) in [6, 6.07) is 7.72. The first-order valence-electron chi connectivity index (χ1n) is 7.21. The maximum Gasteiger partial charge on any atom is 0.318 e. The number of nitrogens with zero attached hydrogens (tertiary/aromatic N) is 2. The Morgan fingerprint density at radius 3 is 2.38 bits per heavy atom. The summed E-state index contributed by atoms with van der Waals surface area (Å²) in [5, 5.41) is 10.1. The molecule has 6 nitrogen and oxygen atoms in total. The maximum absolute atomic E-state index is 11.3. The van der Waals surface area contributed by atoms with Gasteiger partial charge in [0.25, 0.3) is 0 Å². The van der Waals surface area contributed by atoms with Crippen molar-refractivity contribution < 1.29 is 9.59 Å². The van der Waals surface area contributed by atoms with Gasteiger partial charge in [0.05, 0.1) is 5.75 Å². The normalized spacial score (nSPS) is 10.8. The van der Waals surface area contributed by atoms with Crippen LogP contribution in [0.2, 0.25) is 0 Å². The minimum Gasteiger partial charge on any atom is -0.351 e. The van der Waals surface area contributed by atoms with E-state index in [-0.39, 0.29) is 5.75 Å². The lowest BCUT2D eigenvalue weighted by Crippen LogP contribution is -2.36. The second kappa shape index (κ2) is 9.05. The first-order valence-corrected chi connectivity index (χ1v) is 10.00. The molecule has 24 heavy (non-hydrogen) atoms. The molecule has 0 radical (unpaired) electrons. The molecule has 0 saturated heterocycles. The fraction of sp³-hybridized carbons (Fsp3) is 0.333. The summed E-state index contributed by atoms with van der Waals surface area (Å²) < 4.78 is 1.54. The van der Waals surface area contributed by atoms with Gasteiger partial charge >= 0.3 is 6.03 Å². The van der Waals surface area contributed by atoms with Crippen molar-refractivity contribution in [2.75, 3.05) is 5.75 Å². The predicted octanol–water partition coefficient (Wildman–Crippen LogP) is 3.24. The first-order chi connectivity index (χ1) is 11.4. The molecule has 0 aliphatic heterocycles. The van der Waals surface area contributed by atoms with Crippen molar-refractivity contribution in [1.82, 2.24) is 15.5 Å². The van der Waals surface area contributed by atoms with Gasteiger partial charge in [-0.2, -0.15) is 0 Å². The van der Waals surface area contributed by atoms with E-state index < -0.39 is 11.9 Å². The Morgan fingerprint density at radius 1 is 1.17 bits per heavy atom. The molecular weight excluding hydrogens is 364 g/mol. The summed E-state index contributed by atoms with van der Waals surface area (Å²) in [7, 11) is 0. The van der Waals surface area contributed by atoms with Gasteiger partial charge in [-0.05, 0) is 17.0 Å². The molecule has 2 rings (SSSR count). The molecule has 3 N–H and O–H groups in total. The minimum absolute atomic E-state index is 0.0822. The lowest BCUT2D eigenvalue weighted by atomic mass is 10.0. The average Bonchev–Trinajstić information content (AvgIpc) is 2.98. The van der Waals surface area contributed by atoms with E-state index in [4.69, 9.17) is 5.73 Å². The molecule has 0 atom stereocenters. The van der Waals surface area contributed by atoms with Crippen LogP contribution in [-0.2, 0) is 10.5 Å². The van der Waals surface area contributed by atoms with Crippen LogP contribution in [0, 0.1) is 0 Å². The number of nitrogens with one attached hydrogen (secondary N) is 1. The molecular formula is C15H18N4O2S3. The lowest BCUT2D eigenvalue weighted by Gasteiger charge is -2.05. The van der Waals surface area contributed by atoms with E-state index in [9.17, 15) is 9.59 Å². The zero-order chi connectivity index (χ0) is 17.5. The molecule has 0 bridgehead atoms. The summed E-state index contributed by atoms with van der Waals surface area (Å²) in [6.45, 7) is 4.35. The highest BCUT2D eigenvalue weighted by Crippen LogP contribution is 2.30. The number of carbonyl (C=O) groups excluding carboxylic acids is 2. The number of hydrogen-bond acceptors (Lipinski definition) is 7. The molecule has 0 spiro atoms. The third-order valence-corrected chi connectivity index (χ3v) is 6.25. The van der Waals surface area contributed by atoms with E-state index in [1.165, 1.54) is 34.2 Å². The van der Waals surface area contributed by atoms with Crippen molar-refractivity contribution in [2.45, 2.75) is 34.2 Å². The number of aromatic nitrogens is 2. The average molecular weight is 383 g/mol. The Labute approximate surface area is 153 Å². The summed E-state index contributed by atoms with van der Waals surface area (Å²) in [5.74, 6) is 0.988. The molecule has 9 heteroatoms. The van der Waals surface area contributed by atoms with Crippen LogP contribution in [0.5, 0.6) is 0 Å². The van der Waals surface area contributed by atoms with Crippen molar-refractivity contribution in [3.8, 4) is 0 Å². The van der Waals surface area contributed by atoms with Crippen molar-refractivity contribution in [2.24, 2.45) is 5.73 Å². The van der Waals surface area contributed by atoms with Crippen LogP contribution in [0.4, 0.5) is 4.79 Å². The highest BCUT2D eigenvalue weighted by Gasteiger charge is 2.10. The number of nitrogens with two attached hydrogens (primary N) is 1. The molecule has 1 aromatic heterocycles. The number of carbonyl (C=O) groups is 2. The Bertz CT molecular complexity index is 701. The van der Waals surface area contributed by atoms with Gasteiger partial charge < -0.3 is 5.73 Å². The lowest BCUT2D eigenvalue weighted by molar-refractivity contribution is -0.117. The van der Waals surface area contributed by atoms with Crippen LogP contribution >= 0.6 is 34.9 Å².